The van der Waals surface area contributed by atoms with E-state index in [9.17, 15) is 18.8 Å². The molecule has 0 spiro atoms. The Bertz CT molecular complexity index is 611. The van der Waals surface area contributed by atoms with Crippen LogP contribution in [-0.2, 0) is 25.5 Å². The number of ether oxygens (including phenoxy) is 1. The zero-order valence-corrected chi connectivity index (χ0v) is 13.3. The Balaban J connectivity index is 1.87. The van der Waals surface area contributed by atoms with Crippen molar-refractivity contribution in [1.82, 2.24) is 10.6 Å². The van der Waals surface area contributed by atoms with E-state index in [2.05, 4.69) is 15.4 Å². The summed E-state index contributed by atoms with van der Waals surface area (Å²) in [4.78, 5) is 35.0. The van der Waals surface area contributed by atoms with Gasteiger partial charge >= 0.3 is 5.97 Å². The summed E-state index contributed by atoms with van der Waals surface area (Å²) in [7, 11) is 1.22. The van der Waals surface area contributed by atoms with Gasteiger partial charge in [-0.15, -0.1) is 11.8 Å². The van der Waals surface area contributed by atoms with Gasteiger partial charge in [0.15, 0.2) is 0 Å². The van der Waals surface area contributed by atoms with E-state index in [1.54, 1.807) is 18.2 Å². The molecule has 2 atom stereocenters. The third kappa shape index (κ3) is 4.69. The van der Waals surface area contributed by atoms with Gasteiger partial charge in [0.1, 0.15) is 18.4 Å². The van der Waals surface area contributed by atoms with E-state index >= 15 is 0 Å². The van der Waals surface area contributed by atoms with Gasteiger partial charge in [0.2, 0.25) is 11.8 Å². The van der Waals surface area contributed by atoms with Crippen LogP contribution in [0.2, 0.25) is 0 Å². The number of carbonyl (C=O) groups excluding carboxylic acids is 3. The number of benzene rings is 1. The van der Waals surface area contributed by atoms with Crippen molar-refractivity contribution in [2.75, 3.05) is 19.4 Å². The van der Waals surface area contributed by atoms with Gasteiger partial charge in [-0.3, -0.25) is 14.4 Å². The lowest BCUT2D eigenvalue weighted by molar-refractivity contribution is -0.141. The summed E-state index contributed by atoms with van der Waals surface area (Å²) in [5, 5.41) is 4.55. The molecular weight excluding hydrogens is 323 g/mol. The molecule has 0 bridgehead atoms. The van der Waals surface area contributed by atoms with Crippen LogP contribution in [0.15, 0.2) is 24.3 Å². The van der Waals surface area contributed by atoms with Crippen molar-refractivity contribution in [1.29, 1.82) is 0 Å². The largest absolute Gasteiger partial charge is 0.468 e. The number of thioether (sulfide) groups is 1. The molecule has 8 heteroatoms. The Morgan fingerprint density at radius 2 is 2.17 bits per heavy atom. The van der Waals surface area contributed by atoms with Crippen molar-refractivity contribution in [3.8, 4) is 0 Å². The molecule has 1 aliphatic heterocycles. The molecule has 2 amide bonds. The molecular formula is C15H17FN2O4S. The molecule has 2 N–H and O–H groups in total. The molecule has 2 rings (SSSR count). The third-order valence-corrected chi connectivity index (χ3v) is 4.70. The molecule has 124 valence electrons. The first-order valence-corrected chi connectivity index (χ1v) is 8.06. The van der Waals surface area contributed by atoms with Crippen LogP contribution >= 0.6 is 11.8 Å². The highest BCUT2D eigenvalue weighted by atomic mass is 32.2. The predicted octanol–water partition coefficient (Wildman–Crippen LogP) is 0.258. The average molecular weight is 340 g/mol. The molecule has 1 aliphatic rings. The smallest absolute Gasteiger partial charge is 0.325 e. The van der Waals surface area contributed by atoms with Gasteiger partial charge < -0.3 is 15.4 Å². The monoisotopic (exact) mass is 340 g/mol. The van der Waals surface area contributed by atoms with Crippen LogP contribution in [0.1, 0.15) is 5.56 Å². The quantitative estimate of drug-likeness (QED) is 0.751. The molecule has 1 fully saturated rings. The first-order valence-electron chi connectivity index (χ1n) is 7.01. The fourth-order valence-corrected chi connectivity index (χ4v) is 3.28. The second-order valence-electron chi connectivity index (χ2n) is 4.97. The van der Waals surface area contributed by atoms with Gasteiger partial charge in [0, 0.05) is 5.75 Å². The normalized spacial score (nSPS) is 20.5. The predicted molar refractivity (Wildman–Crippen MR) is 83.3 cm³/mol. The van der Waals surface area contributed by atoms with Crippen molar-refractivity contribution < 1.29 is 23.5 Å². The van der Waals surface area contributed by atoms with Crippen LogP contribution in [0.25, 0.3) is 0 Å². The molecule has 1 heterocycles. The minimum absolute atomic E-state index is 0.245. The van der Waals surface area contributed by atoms with Crippen LogP contribution in [0.5, 0.6) is 0 Å². The van der Waals surface area contributed by atoms with E-state index in [1.807, 2.05) is 0 Å². The molecule has 0 aromatic heterocycles. The van der Waals surface area contributed by atoms with E-state index in [0.29, 0.717) is 11.3 Å². The Morgan fingerprint density at radius 3 is 2.83 bits per heavy atom. The Morgan fingerprint density at radius 1 is 1.43 bits per heavy atom. The van der Waals surface area contributed by atoms with Crippen LogP contribution in [0.4, 0.5) is 4.39 Å². The summed E-state index contributed by atoms with van der Waals surface area (Å²) >= 11 is 1.30. The fourth-order valence-electron chi connectivity index (χ4n) is 2.11. The lowest BCUT2D eigenvalue weighted by Crippen LogP contribution is -2.55. The van der Waals surface area contributed by atoms with E-state index in [4.69, 9.17) is 0 Å². The summed E-state index contributed by atoms with van der Waals surface area (Å²) in [6.07, 6.45) is 0.264. The van der Waals surface area contributed by atoms with E-state index in [0.717, 1.165) is 0 Å². The van der Waals surface area contributed by atoms with Crippen LogP contribution in [0, 0.1) is 5.82 Å². The Labute approximate surface area is 137 Å². The molecule has 1 saturated heterocycles. The second kappa shape index (κ2) is 7.96. The highest BCUT2D eigenvalue weighted by Gasteiger charge is 2.32. The minimum Gasteiger partial charge on any atom is -0.468 e. The SMILES string of the molecule is COC(=O)CNC(=O)[C@H]1CS[C@@H](Cc2ccccc2F)C(=O)N1. The number of rotatable bonds is 5. The van der Waals surface area contributed by atoms with Gasteiger partial charge in [0.05, 0.1) is 12.4 Å². The second-order valence-corrected chi connectivity index (χ2v) is 6.21. The van der Waals surface area contributed by atoms with Crippen molar-refractivity contribution >= 4 is 29.5 Å². The molecule has 1 aromatic carbocycles. The summed E-state index contributed by atoms with van der Waals surface area (Å²) in [5.41, 5.74) is 0.466. The van der Waals surface area contributed by atoms with Crippen molar-refractivity contribution in [3.63, 3.8) is 0 Å². The molecule has 6 nitrogen and oxygen atoms in total. The number of hydrogen-bond acceptors (Lipinski definition) is 5. The zero-order chi connectivity index (χ0) is 16.8. The topological polar surface area (TPSA) is 84.5 Å². The van der Waals surface area contributed by atoms with Crippen LogP contribution < -0.4 is 10.6 Å². The van der Waals surface area contributed by atoms with Crippen molar-refractivity contribution in [2.45, 2.75) is 17.7 Å². The molecule has 23 heavy (non-hydrogen) atoms. The maximum absolute atomic E-state index is 13.6. The first kappa shape index (κ1) is 17.3. The summed E-state index contributed by atoms with van der Waals surface area (Å²) in [6.45, 7) is -0.245. The van der Waals surface area contributed by atoms with Gasteiger partial charge in [-0.25, -0.2) is 4.39 Å². The fraction of sp³-hybridized carbons (Fsp3) is 0.400. The first-order chi connectivity index (χ1) is 11.0. The molecule has 0 aliphatic carbocycles. The summed E-state index contributed by atoms with van der Waals surface area (Å²) < 4.78 is 18.1. The average Bonchev–Trinajstić information content (AvgIpc) is 2.56. The molecule has 0 radical (unpaired) electrons. The Hall–Kier alpha value is -2.09. The van der Waals surface area contributed by atoms with Crippen LogP contribution in [0.3, 0.4) is 0 Å². The minimum atomic E-state index is -0.714. The van der Waals surface area contributed by atoms with E-state index in [-0.39, 0.29) is 24.7 Å². The number of carbonyl (C=O) groups is 3. The number of nitrogens with one attached hydrogen (secondary N) is 2. The van der Waals surface area contributed by atoms with Gasteiger partial charge in [-0.2, -0.15) is 0 Å². The maximum Gasteiger partial charge on any atom is 0.325 e. The number of methoxy groups -OCH3 is 1. The third-order valence-electron chi connectivity index (χ3n) is 3.39. The zero-order valence-electron chi connectivity index (χ0n) is 12.5. The lowest BCUT2D eigenvalue weighted by atomic mass is 10.1. The van der Waals surface area contributed by atoms with Gasteiger partial charge in [-0.1, -0.05) is 18.2 Å². The van der Waals surface area contributed by atoms with E-state index in [1.165, 1.54) is 24.9 Å². The van der Waals surface area contributed by atoms with Gasteiger partial charge in [-0.05, 0) is 18.1 Å². The molecule has 0 saturated carbocycles. The summed E-state index contributed by atoms with van der Waals surface area (Å²) in [6, 6.07) is 5.58. The van der Waals surface area contributed by atoms with Crippen molar-refractivity contribution in [3.05, 3.63) is 35.6 Å². The number of esters is 1. The highest BCUT2D eigenvalue weighted by molar-refractivity contribution is 8.00. The van der Waals surface area contributed by atoms with Crippen LogP contribution in [-0.4, -0.2) is 48.5 Å². The maximum atomic E-state index is 13.6. The Kier molecular flexibility index (Phi) is 5.97. The van der Waals surface area contributed by atoms with Crippen molar-refractivity contribution in [2.24, 2.45) is 0 Å². The van der Waals surface area contributed by atoms with E-state index < -0.39 is 23.2 Å². The van der Waals surface area contributed by atoms with Gasteiger partial charge in [0.25, 0.3) is 0 Å². The highest BCUT2D eigenvalue weighted by Crippen LogP contribution is 2.23. The summed E-state index contributed by atoms with van der Waals surface area (Å²) in [5.74, 6) is -1.31. The number of amides is 2. The standard InChI is InChI=1S/C15H17FN2O4S/c1-22-13(19)7-17-14(20)11-8-23-12(15(21)18-11)6-9-4-2-3-5-10(9)16/h2-5,11-12H,6-8H2,1H3,(H,17,20)(H,18,21)/t11-,12+/m1/s1. The lowest BCUT2D eigenvalue weighted by Gasteiger charge is -2.28. The molecule has 0 unspecified atom stereocenters. The number of halogens is 1. The molecule has 1 aromatic rings. The number of hydrogen-bond donors (Lipinski definition) is 2.